The SMILES string of the molecule is Cc1ccccc1C(N)=O.Cl.Cl.Cl. The fourth-order valence-electron chi connectivity index (χ4n) is 0.849. The highest BCUT2D eigenvalue weighted by atomic mass is 35.5. The predicted octanol–water partition coefficient (Wildman–Crippen LogP) is 2.36. The number of primary amides is 1. The molecule has 1 rings (SSSR count). The molecule has 0 heterocycles. The zero-order chi connectivity index (χ0) is 7.56. The van der Waals surface area contributed by atoms with Gasteiger partial charge in [0.25, 0.3) is 0 Å². The van der Waals surface area contributed by atoms with E-state index in [4.69, 9.17) is 5.73 Å². The van der Waals surface area contributed by atoms with E-state index in [1.54, 1.807) is 12.1 Å². The van der Waals surface area contributed by atoms with Crippen LogP contribution in [-0.2, 0) is 0 Å². The summed E-state index contributed by atoms with van der Waals surface area (Å²) in [6.07, 6.45) is 0. The lowest BCUT2D eigenvalue weighted by Crippen LogP contribution is -2.12. The molecule has 76 valence electrons. The molecule has 0 fully saturated rings. The molecule has 2 N–H and O–H groups in total. The first-order chi connectivity index (χ1) is 4.72. The molecule has 0 aliphatic carbocycles. The van der Waals surface area contributed by atoms with Crippen LogP contribution in [-0.4, -0.2) is 5.91 Å². The first kappa shape index (κ1) is 18.4. The molecule has 0 bridgehead atoms. The normalized spacial score (nSPS) is 7.15. The van der Waals surface area contributed by atoms with Gasteiger partial charge in [-0.2, -0.15) is 0 Å². The van der Waals surface area contributed by atoms with Gasteiger partial charge in [-0.05, 0) is 18.6 Å². The van der Waals surface area contributed by atoms with Gasteiger partial charge in [0.1, 0.15) is 0 Å². The minimum atomic E-state index is -0.363. The monoisotopic (exact) mass is 243 g/mol. The molecular formula is C8H12Cl3NO. The second-order valence-electron chi connectivity index (χ2n) is 2.18. The smallest absolute Gasteiger partial charge is 0.248 e. The molecule has 0 aliphatic heterocycles. The van der Waals surface area contributed by atoms with Gasteiger partial charge in [0.15, 0.2) is 0 Å². The summed E-state index contributed by atoms with van der Waals surface area (Å²) in [5.41, 5.74) is 6.60. The molecule has 0 atom stereocenters. The molecule has 5 heteroatoms. The Balaban J connectivity index is -0.000000333. The minimum Gasteiger partial charge on any atom is -0.366 e. The lowest BCUT2D eigenvalue weighted by molar-refractivity contribution is 0.0999. The summed E-state index contributed by atoms with van der Waals surface area (Å²) in [7, 11) is 0. The average Bonchev–Trinajstić information content (AvgIpc) is 1.88. The molecule has 0 aromatic heterocycles. The summed E-state index contributed by atoms with van der Waals surface area (Å²) >= 11 is 0. The molecule has 2 nitrogen and oxygen atoms in total. The van der Waals surface area contributed by atoms with Crippen LogP contribution in [0, 0.1) is 6.92 Å². The first-order valence-electron chi connectivity index (χ1n) is 3.07. The Hall–Kier alpha value is -0.440. The van der Waals surface area contributed by atoms with E-state index in [2.05, 4.69) is 0 Å². The van der Waals surface area contributed by atoms with Gasteiger partial charge in [-0.3, -0.25) is 4.79 Å². The Kier molecular flexibility index (Phi) is 11.5. The Labute approximate surface area is 96.1 Å². The first-order valence-corrected chi connectivity index (χ1v) is 3.07. The van der Waals surface area contributed by atoms with Crippen LogP contribution in [0.2, 0.25) is 0 Å². The summed E-state index contributed by atoms with van der Waals surface area (Å²) in [5.74, 6) is -0.363. The molecule has 0 aliphatic rings. The van der Waals surface area contributed by atoms with Crippen LogP contribution in [0.5, 0.6) is 0 Å². The lowest BCUT2D eigenvalue weighted by Gasteiger charge is -1.97. The topological polar surface area (TPSA) is 43.1 Å². The minimum absolute atomic E-state index is 0. The van der Waals surface area contributed by atoms with E-state index in [0.29, 0.717) is 5.56 Å². The number of hydrogen-bond donors (Lipinski definition) is 1. The van der Waals surface area contributed by atoms with Crippen molar-refractivity contribution in [1.29, 1.82) is 0 Å². The molecule has 0 saturated heterocycles. The van der Waals surface area contributed by atoms with Gasteiger partial charge < -0.3 is 5.73 Å². The molecule has 1 aromatic carbocycles. The number of benzene rings is 1. The van der Waals surface area contributed by atoms with E-state index < -0.39 is 0 Å². The molecule has 0 unspecified atom stereocenters. The maximum atomic E-state index is 10.6. The second-order valence-corrected chi connectivity index (χ2v) is 2.18. The predicted molar refractivity (Wildman–Crippen MR) is 61.4 cm³/mol. The zero-order valence-electron chi connectivity index (χ0n) is 7.02. The van der Waals surface area contributed by atoms with E-state index >= 15 is 0 Å². The summed E-state index contributed by atoms with van der Waals surface area (Å²) in [6, 6.07) is 7.26. The Bertz CT molecular complexity index is 265. The standard InChI is InChI=1S/C8H9NO.3ClH/c1-6-4-2-3-5-7(6)8(9)10;;;/h2-5H,1H3,(H2,9,10);3*1H. The van der Waals surface area contributed by atoms with Crippen molar-refractivity contribution >= 4 is 43.1 Å². The molecule has 1 aromatic rings. The number of rotatable bonds is 1. The molecule has 1 amide bonds. The van der Waals surface area contributed by atoms with Crippen molar-refractivity contribution in [2.75, 3.05) is 0 Å². The number of amides is 1. The van der Waals surface area contributed by atoms with E-state index in [1.165, 1.54) is 0 Å². The van der Waals surface area contributed by atoms with E-state index in [9.17, 15) is 4.79 Å². The molecule has 0 radical (unpaired) electrons. The van der Waals surface area contributed by atoms with Crippen LogP contribution in [0.25, 0.3) is 0 Å². The third-order valence-electron chi connectivity index (χ3n) is 1.41. The maximum Gasteiger partial charge on any atom is 0.248 e. The van der Waals surface area contributed by atoms with Crippen molar-refractivity contribution in [2.24, 2.45) is 5.73 Å². The zero-order valence-corrected chi connectivity index (χ0v) is 9.47. The quantitative estimate of drug-likeness (QED) is 0.810. The maximum absolute atomic E-state index is 10.6. The fraction of sp³-hybridized carbons (Fsp3) is 0.125. The van der Waals surface area contributed by atoms with Crippen molar-refractivity contribution in [1.82, 2.24) is 0 Å². The van der Waals surface area contributed by atoms with Gasteiger partial charge in [-0.25, -0.2) is 0 Å². The van der Waals surface area contributed by atoms with Gasteiger partial charge in [0.05, 0.1) is 0 Å². The molecule has 0 spiro atoms. The Morgan fingerprint density at radius 1 is 1.15 bits per heavy atom. The van der Waals surface area contributed by atoms with Crippen molar-refractivity contribution in [3.8, 4) is 0 Å². The molecule has 0 saturated carbocycles. The summed E-state index contributed by atoms with van der Waals surface area (Å²) in [5, 5.41) is 0. The number of halogens is 3. The van der Waals surface area contributed by atoms with Gasteiger partial charge in [0.2, 0.25) is 5.91 Å². The van der Waals surface area contributed by atoms with E-state index in [0.717, 1.165) is 5.56 Å². The average molecular weight is 245 g/mol. The van der Waals surface area contributed by atoms with Crippen LogP contribution in [0.15, 0.2) is 24.3 Å². The van der Waals surface area contributed by atoms with Crippen LogP contribution < -0.4 is 5.73 Å². The number of carbonyl (C=O) groups excluding carboxylic acids is 1. The van der Waals surface area contributed by atoms with Crippen LogP contribution >= 0.6 is 37.2 Å². The van der Waals surface area contributed by atoms with E-state index in [1.807, 2.05) is 19.1 Å². The van der Waals surface area contributed by atoms with Crippen molar-refractivity contribution in [2.45, 2.75) is 6.92 Å². The highest BCUT2D eigenvalue weighted by Gasteiger charge is 2.00. The fourth-order valence-corrected chi connectivity index (χ4v) is 0.849. The largest absolute Gasteiger partial charge is 0.366 e. The molecular weight excluding hydrogens is 232 g/mol. The van der Waals surface area contributed by atoms with Gasteiger partial charge in [0, 0.05) is 5.56 Å². The summed E-state index contributed by atoms with van der Waals surface area (Å²) in [4.78, 5) is 10.6. The second kappa shape index (κ2) is 8.17. The van der Waals surface area contributed by atoms with E-state index in [-0.39, 0.29) is 43.1 Å². The van der Waals surface area contributed by atoms with Crippen molar-refractivity contribution < 1.29 is 4.79 Å². The van der Waals surface area contributed by atoms with Crippen molar-refractivity contribution in [3.63, 3.8) is 0 Å². The molecule has 13 heavy (non-hydrogen) atoms. The van der Waals surface area contributed by atoms with Gasteiger partial charge >= 0.3 is 0 Å². The third-order valence-corrected chi connectivity index (χ3v) is 1.41. The van der Waals surface area contributed by atoms with Crippen LogP contribution in [0.3, 0.4) is 0 Å². The van der Waals surface area contributed by atoms with Crippen LogP contribution in [0.1, 0.15) is 15.9 Å². The number of carbonyl (C=O) groups is 1. The number of aryl methyl sites for hydroxylation is 1. The summed E-state index contributed by atoms with van der Waals surface area (Å²) < 4.78 is 0. The number of nitrogens with two attached hydrogens (primary N) is 1. The Morgan fingerprint density at radius 2 is 1.62 bits per heavy atom. The number of hydrogen-bond acceptors (Lipinski definition) is 1. The third kappa shape index (κ3) is 4.98. The highest BCUT2D eigenvalue weighted by molar-refractivity contribution is 5.94. The highest BCUT2D eigenvalue weighted by Crippen LogP contribution is 2.04. The van der Waals surface area contributed by atoms with Crippen LogP contribution in [0.4, 0.5) is 0 Å². The lowest BCUT2D eigenvalue weighted by atomic mass is 10.1. The van der Waals surface area contributed by atoms with Crippen molar-refractivity contribution in [3.05, 3.63) is 35.4 Å². The summed E-state index contributed by atoms with van der Waals surface area (Å²) in [6.45, 7) is 1.86. The van der Waals surface area contributed by atoms with Gasteiger partial charge in [-0.15, -0.1) is 37.2 Å². The van der Waals surface area contributed by atoms with Gasteiger partial charge in [-0.1, -0.05) is 18.2 Å². The Morgan fingerprint density at radius 3 is 1.92 bits per heavy atom.